The number of allylic oxidation sites excluding steroid dienone is 16. The first kappa shape index (κ1) is 22.1. The van der Waals surface area contributed by atoms with Crippen LogP contribution in [-0.4, -0.2) is 5.97 Å². The van der Waals surface area contributed by atoms with Crippen molar-refractivity contribution >= 4 is 5.97 Å². The molecule has 0 radical (unpaired) electrons. The lowest BCUT2D eigenvalue weighted by atomic mass is 10.5. The molecule has 0 spiro atoms. The first-order chi connectivity index (χ1) is 12.3. The van der Waals surface area contributed by atoms with Gasteiger partial charge in [0.05, 0.1) is 5.97 Å². The Bertz CT molecular complexity index is 451. The van der Waals surface area contributed by atoms with Crippen molar-refractivity contribution < 1.29 is 9.90 Å². The van der Waals surface area contributed by atoms with Gasteiger partial charge in [0.25, 0.3) is 0 Å². The summed E-state index contributed by atoms with van der Waals surface area (Å²) in [5.74, 6) is -1.23. The molecule has 132 valence electrons. The van der Waals surface area contributed by atoms with Crippen LogP contribution in [-0.2, 0) is 4.79 Å². The third-order valence-electron chi connectivity index (χ3n) is 2.79. The van der Waals surface area contributed by atoms with E-state index in [9.17, 15) is 0 Å². The van der Waals surface area contributed by atoms with Crippen molar-refractivity contribution in [3.63, 3.8) is 0 Å². The molecule has 0 saturated heterocycles. The fraction of sp³-hybridized carbons (Fsp3) is 0.174. The summed E-state index contributed by atoms with van der Waals surface area (Å²) in [5, 5.41) is 9.14. The maximum Gasteiger partial charge on any atom is 0.0636 e. The third-order valence-corrected chi connectivity index (χ3v) is 2.79. The second-order valence-corrected chi connectivity index (χ2v) is 4.89. The van der Waals surface area contributed by atoms with Crippen LogP contribution < -0.4 is 5.11 Å². The second-order valence-electron chi connectivity index (χ2n) is 4.89. The van der Waals surface area contributed by atoms with Gasteiger partial charge in [-0.2, -0.15) is 0 Å². The maximum absolute atomic E-state index is 9.14. The van der Waals surface area contributed by atoms with E-state index in [2.05, 4.69) is 104 Å². The van der Waals surface area contributed by atoms with Gasteiger partial charge in [0.2, 0.25) is 0 Å². The van der Waals surface area contributed by atoms with Gasteiger partial charge < -0.3 is 9.90 Å². The molecule has 2 nitrogen and oxygen atoms in total. The van der Waals surface area contributed by atoms with E-state index in [1.165, 1.54) is 0 Å². The Labute approximate surface area is 152 Å². The molecule has 2 heteroatoms. The average molecular weight is 335 g/mol. The number of hydrogen-bond acceptors (Lipinski definition) is 2. The van der Waals surface area contributed by atoms with E-state index < -0.39 is 5.97 Å². The predicted octanol–water partition coefficient (Wildman–Crippen LogP) is 4.93. The van der Waals surface area contributed by atoms with E-state index in [-0.39, 0.29) is 0 Å². The molecule has 0 unspecified atom stereocenters. The highest BCUT2D eigenvalue weighted by Crippen LogP contribution is 1.94. The van der Waals surface area contributed by atoms with Gasteiger partial charge in [0, 0.05) is 0 Å². The van der Waals surface area contributed by atoms with E-state index in [1.807, 2.05) is 0 Å². The third kappa shape index (κ3) is 21.1. The van der Waals surface area contributed by atoms with Gasteiger partial charge in [0.15, 0.2) is 0 Å². The highest BCUT2D eigenvalue weighted by molar-refractivity contribution is 5.76. The van der Waals surface area contributed by atoms with Gasteiger partial charge in [-0.1, -0.05) is 104 Å². The zero-order chi connectivity index (χ0) is 18.4. The van der Waals surface area contributed by atoms with Crippen molar-refractivity contribution in [2.75, 3.05) is 0 Å². The Hall–Kier alpha value is -2.87. The molecule has 0 aliphatic heterocycles. The van der Waals surface area contributed by atoms with Gasteiger partial charge in [-0.15, -0.1) is 0 Å². The van der Waals surface area contributed by atoms with Crippen LogP contribution in [0.2, 0.25) is 0 Å². The molecule has 0 aromatic heterocycles. The number of carboxylic acids is 1. The standard InChI is InChI=1S/4C5H6.C3H4O2/c4*1-2-4-5-3-1;1-2-3(4)5/h4*1-4H,5H2;2H,1H2,(H,4,5)/p-1. The molecule has 4 rings (SSSR count). The van der Waals surface area contributed by atoms with Crippen molar-refractivity contribution in [3.05, 3.63) is 110 Å². The van der Waals surface area contributed by atoms with Crippen LogP contribution in [0.3, 0.4) is 0 Å². The SMILES string of the molecule is C1=CCC=C1.C1=CCC=C1.C1=CCC=C1.C1=CCC=C1.C=CC(=O)[O-]. The number of hydrogen-bond donors (Lipinski definition) is 0. The molecule has 25 heavy (non-hydrogen) atoms. The summed E-state index contributed by atoms with van der Waals surface area (Å²) in [6, 6.07) is 0. The molecule has 0 saturated carbocycles. The summed E-state index contributed by atoms with van der Waals surface area (Å²) in [6.45, 7) is 2.90. The number of carbonyl (C=O) groups excluding carboxylic acids is 1. The lowest BCUT2D eigenvalue weighted by molar-refractivity contribution is -0.297. The summed E-state index contributed by atoms with van der Waals surface area (Å²) in [7, 11) is 0. The molecule has 0 aromatic rings. The van der Waals surface area contributed by atoms with Gasteiger partial charge in [-0.05, 0) is 31.8 Å². The molecule has 0 bridgehead atoms. The first-order valence-electron chi connectivity index (χ1n) is 8.37. The Kier molecular flexibility index (Phi) is 17.0. The zero-order valence-corrected chi connectivity index (χ0v) is 14.7. The average Bonchev–Trinajstić information content (AvgIpc) is 3.46. The smallest absolute Gasteiger partial charge is 0.0636 e. The molecular formula is C23H27O2-. The second kappa shape index (κ2) is 19.2. The van der Waals surface area contributed by atoms with Crippen LogP contribution in [0.5, 0.6) is 0 Å². The van der Waals surface area contributed by atoms with Gasteiger partial charge in [-0.25, -0.2) is 0 Å². The van der Waals surface area contributed by atoms with Crippen LogP contribution >= 0.6 is 0 Å². The summed E-state index contributed by atoms with van der Waals surface area (Å²) >= 11 is 0. The highest BCUT2D eigenvalue weighted by Gasteiger charge is 1.73. The molecule has 0 amide bonds. The van der Waals surface area contributed by atoms with Crippen LogP contribution in [0.1, 0.15) is 25.7 Å². The Morgan fingerprint density at radius 1 is 0.600 bits per heavy atom. The van der Waals surface area contributed by atoms with Crippen molar-refractivity contribution in [2.45, 2.75) is 25.7 Å². The summed E-state index contributed by atoms with van der Waals surface area (Å²) < 4.78 is 0. The number of carbonyl (C=O) groups is 1. The Morgan fingerprint density at radius 3 is 0.800 bits per heavy atom. The van der Waals surface area contributed by atoms with Gasteiger partial charge >= 0.3 is 0 Å². The summed E-state index contributed by atoms with van der Waals surface area (Å²) in [5.41, 5.74) is 0. The molecular weight excluding hydrogens is 308 g/mol. The van der Waals surface area contributed by atoms with E-state index in [0.717, 1.165) is 31.8 Å². The quantitative estimate of drug-likeness (QED) is 0.637. The number of rotatable bonds is 1. The summed E-state index contributed by atoms with van der Waals surface area (Å²) in [6.07, 6.45) is 38.7. The van der Waals surface area contributed by atoms with E-state index in [4.69, 9.17) is 9.90 Å². The molecule has 0 fully saturated rings. The lowest BCUT2D eigenvalue weighted by Crippen LogP contribution is -2.17. The number of carboxylic acid groups (broad SMARTS) is 1. The molecule has 0 atom stereocenters. The summed E-state index contributed by atoms with van der Waals surface area (Å²) in [4.78, 5) is 9.14. The van der Waals surface area contributed by atoms with Crippen molar-refractivity contribution in [2.24, 2.45) is 0 Å². The van der Waals surface area contributed by atoms with Crippen LogP contribution in [0.15, 0.2) is 110 Å². The maximum atomic E-state index is 9.14. The van der Waals surface area contributed by atoms with Crippen molar-refractivity contribution in [1.82, 2.24) is 0 Å². The zero-order valence-electron chi connectivity index (χ0n) is 14.7. The van der Waals surface area contributed by atoms with Crippen molar-refractivity contribution in [1.29, 1.82) is 0 Å². The molecule has 0 aromatic carbocycles. The van der Waals surface area contributed by atoms with Crippen LogP contribution in [0, 0.1) is 0 Å². The minimum Gasteiger partial charge on any atom is -0.545 e. The van der Waals surface area contributed by atoms with Gasteiger partial charge in [-0.3, -0.25) is 0 Å². The monoisotopic (exact) mass is 335 g/mol. The molecule has 4 aliphatic rings. The largest absolute Gasteiger partial charge is 0.545 e. The van der Waals surface area contributed by atoms with Crippen LogP contribution in [0.4, 0.5) is 0 Å². The normalized spacial score (nSPS) is 15.4. The van der Waals surface area contributed by atoms with Crippen LogP contribution in [0.25, 0.3) is 0 Å². The van der Waals surface area contributed by atoms with E-state index in [0.29, 0.717) is 0 Å². The Morgan fingerprint density at radius 2 is 0.760 bits per heavy atom. The van der Waals surface area contributed by atoms with E-state index in [1.54, 1.807) is 0 Å². The molecule has 0 N–H and O–H groups in total. The minimum atomic E-state index is -1.23. The molecule has 0 heterocycles. The fourth-order valence-corrected chi connectivity index (χ4v) is 1.57. The minimum absolute atomic E-state index is 0.722. The Balaban J connectivity index is 0.000000288. The van der Waals surface area contributed by atoms with E-state index >= 15 is 0 Å². The lowest BCUT2D eigenvalue weighted by Gasteiger charge is -1.81. The molecule has 4 aliphatic carbocycles. The first-order valence-corrected chi connectivity index (χ1v) is 8.37. The fourth-order valence-electron chi connectivity index (χ4n) is 1.57. The predicted molar refractivity (Wildman–Crippen MR) is 107 cm³/mol. The topological polar surface area (TPSA) is 40.1 Å². The highest BCUT2D eigenvalue weighted by atomic mass is 16.4. The number of aliphatic carboxylic acids is 1. The van der Waals surface area contributed by atoms with Crippen molar-refractivity contribution in [3.8, 4) is 0 Å². The van der Waals surface area contributed by atoms with Gasteiger partial charge in [0.1, 0.15) is 0 Å².